The second-order valence-corrected chi connectivity index (χ2v) is 11.7. The maximum atomic E-state index is 11.5. The quantitative estimate of drug-likeness (QED) is 0.127. The average molecular weight is 583 g/mol. The lowest BCUT2D eigenvalue weighted by Crippen LogP contribution is -2.27. The van der Waals surface area contributed by atoms with Crippen LogP contribution in [0.3, 0.4) is 0 Å². The smallest absolute Gasteiger partial charge is 0.356 e. The molecule has 0 aliphatic rings. The summed E-state index contributed by atoms with van der Waals surface area (Å²) < 4.78 is 20.7. The summed E-state index contributed by atoms with van der Waals surface area (Å²) in [6, 6.07) is 0. The van der Waals surface area contributed by atoms with Crippen molar-refractivity contribution in [1.29, 1.82) is 0 Å². The van der Waals surface area contributed by atoms with E-state index in [2.05, 4.69) is 29.0 Å². The summed E-state index contributed by atoms with van der Waals surface area (Å²) in [4.78, 5) is 54.7. The first-order valence-corrected chi connectivity index (χ1v) is 14.8. The van der Waals surface area contributed by atoms with Crippen LogP contribution in [-0.2, 0) is 32.8 Å². The number of nitrogens with one attached hydrogen (secondary N) is 2. The molecule has 0 bridgehead atoms. The summed E-state index contributed by atoms with van der Waals surface area (Å²) in [5.41, 5.74) is 0. The highest BCUT2D eigenvalue weighted by atomic mass is 31.2. The fourth-order valence-electron chi connectivity index (χ4n) is 2.75. The molecule has 3 N–H and O–H groups in total. The first-order chi connectivity index (χ1) is 17.1. The number of hydrogen-bond donors (Lipinski definition) is 3. The number of amides is 2. The second-order valence-electron chi connectivity index (χ2n) is 10.3. The third-order valence-electron chi connectivity index (χ3n) is 5.01. The molecule has 0 saturated carbocycles. The van der Waals surface area contributed by atoms with Gasteiger partial charge in [-0.25, -0.2) is 4.57 Å². The molecule has 1 unspecified atom stereocenters. The monoisotopic (exact) mass is 582 g/mol. The SMILES string of the molecule is C.C.CC(C)CCNC(=O)CCCC(=O)C(C)C.CC(C)OP(=O)(O)OCCNC(=O)CCCC(=O)C(C)C. The average Bonchev–Trinajstić information content (AvgIpc) is 2.75. The number of phosphoric ester groups is 1. The molecule has 0 aromatic rings. The summed E-state index contributed by atoms with van der Waals surface area (Å²) in [6.07, 6.45) is 3.38. The van der Waals surface area contributed by atoms with E-state index in [1.165, 1.54) is 0 Å². The molecule has 0 aliphatic heterocycles. The fourth-order valence-corrected chi connectivity index (χ4v) is 3.66. The van der Waals surface area contributed by atoms with Crippen LogP contribution >= 0.6 is 7.82 Å². The number of ketones is 2. The van der Waals surface area contributed by atoms with Crippen molar-refractivity contribution in [3.05, 3.63) is 0 Å². The van der Waals surface area contributed by atoms with Gasteiger partial charge in [-0.2, -0.15) is 0 Å². The number of carbonyl (C=O) groups is 4. The van der Waals surface area contributed by atoms with Gasteiger partial charge in [0.2, 0.25) is 11.8 Å². The molecule has 234 valence electrons. The van der Waals surface area contributed by atoms with Crippen molar-refractivity contribution in [2.24, 2.45) is 17.8 Å². The topological polar surface area (TPSA) is 148 Å². The molecule has 0 aromatic carbocycles. The molecular formula is C28H59N2O8P. The summed E-state index contributed by atoms with van der Waals surface area (Å²) in [7, 11) is -4.05. The number of Topliss-reactive ketones (excluding diaryl/α,β-unsaturated/α-hetero) is 2. The molecule has 1 atom stereocenters. The third-order valence-corrected chi connectivity index (χ3v) is 6.21. The van der Waals surface area contributed by atoms with Gasteiger partial charge in [-0.3, -0.25) is 28.2 Å². The van der Waals surface area contributed by atoms with Gasteiger partial charge in [-0.15, -0.1) is 0 Å². The molecule has 0 aliphatic carbocycles. The highest BCUT2D eigenvalue weighted by Crippen LogP contribution is 2.44. The van der Waals surface area contributed by atoms with Crippen LogP contribution in [0.25, 0.3) is 0 Å². The summed E-state index contributed by atoms with van der Waals surface area (Å²) >= 11 is 0. The lowest BCUT2D eigenvalue weighted by atomic mass is 10.0. The van der Waals surface area contributed by atoms with Crippen LogP contribution in [0.15, 0.2) is 0 Å². The zero-order chi connectivity index (χ0) is 29.0. The van der Waals surface area contributed by atoms with E-state index in [1.54, 1.807) is 13.8 Å². The van der Waals surface area contributed by atoms with Crippen LogP contribution in [0.1, 0.15) is 115 Å². The highest BCUT2D eigenvalue weighted by molar-refractivity contribution is 7.47. The molecule has 39 heavy (non-hydrogen) atoms. The first-order valence-electron chi connectivity index (χ1n) is 13.3. The Hall–Kier alpha value is -1.61. The number of rotatable bonds is 19. The van der Waals surface area contributed by atoms with Gasteiger partial charge in [0, 0.05) is 50.6 Å². The van der Waals surface area contributed by atoms with Crippen molar-refractivity contribution in [2.75, 3.05) is 19.7 Å². The Kier molecular flexibility index (Phi) is 28.9. The van der Waals surface area contributed by atoms with Gasteiger partial charge in [0.15, 0.2) is 0 Å². The molecule has 0 rings (SSSR count). The standard InChI is InChI=1S/C13H26NO6P.C13H25NO2.2CH4/c1-10(2)12(15)6-5-7-13(16)14-8-9-19-21(17,18)20-11(3)4;1-10(2)8-9-14-13(16)7-5-6-12(15)11(3)4;;/h10-11H,5-9H2,1-4H3,(H,14,16)(H,17,18);10-11H,5-9H2,1-4H3,(H,14,16);2*1H4. The predicted octanol–water partition coefficient (Wildman–Crippen LogP) is 5.86. The van der Waals surface area contributed by atoms with Gasteiger partial charge in [-0.1, -0.05) is 56.4 Å². The van der Waals surface area contributed by atoms with Gasteiger partial charge in [0.1, 0.15) is 11.6 Å². The summed E-state index contributed by atoms with van der Waals surface area (Å²) in [5.74, 6) is 0.922. The van der Waals surface area contributed by atoms with E-state index in [0.29, 0.717) is 38.0 Å². The lowest BCUT2D eigenvalue weighted by Gasteiger charge is -2.14. The second kappa shape index (κ2) is 25.4. The van der Waals surface area contributed by atoms with Crippen molar-refractivity contribution in [3.8, 4) is 0 Å². The molecule has 0 heterocycles. The van der Waals surface area contributed by atoms with E-state index in [1.807, 2.05) is 27.7 Å². The molecule has 0 fully saturated rings. The van der Waals surface area contributed by atoms with E-state index in [-0.39, 0.29) is 69.6 Å². The largest absolute Gasteiger partial charge is 0.472 e. The van der Waals surface area contributed by atoms with E-state index >= 15 is 0 Å². The van der Waals surface area contributed by atoms with E-state index in [9.17, 15) is 28.6 Å². The molecule has 0 aromatic heterocycles. The number of phosphoric acid groups is 1. The van der Waals surface area contributed by atoms with Crippen LogP contribution in [0.5, 0.6) is 0 Å². The van der Waals surface area contributed by atoms with Gasteiger partial charge in [0.05, 0.1) is 12.7 Å². The van der Waals surface area contributed by atoms with Gasteiger partial charge in [-0.05, 0) is 39.0 Å². The maximum absolute atomic E-state index is 11.5. The minimum absolute atomic E-state index is 0. The van der Waals surface area contributed by atoms with Crippen molar-refractivity contribution < 1.29 is 37.7 Å². The normalized spacial score (nSPS) is 12.1. The van der Waals surface area contributed by atoms with Crippen molar-refractivity contribution >= 4 is 31.2 Å². The van der Waals surface area contributed by atoms with Crippen molar-refractivity contribution in [3.63, 3.8) is 0 Å². The predicted molar refractivity (Wildman–Crippen MR) is 158 cm³/mol. The first kappa shape index (κ1) is 44.4. The van der Waals surface area contributed by atoms with E-state index < -0.39 is 13.9 Å². The Bertz CT molecular complexity index is 724. The zero-order valence-corrected chi connectivity index (χ0v) is 25.0. The van der Waals surface area contributed by atoms with E-state index in [4.69, 9.17) is 4.52 Å². The molecule has 0 saturated heterocycles. The molecule has 2 amide bonds. The van der Waals surface area contributed by atoms with E-state index in [0.717, 1.165) is 13.0 Å². The highest BCUT2D eigenvalue weighted by Gasteiger charge is 2.22. The van der Waals surface area contributed by atoms with Crippen molar-refractivity contribution in [1.82, 2.24) is 10.6 Å². The number of carbonyl (C=O) groups excluding carboxylic acids is 4. The fraction of sp³-hybridized carbons (Fsp3) is 0.857. The molecule has 0 spiro atoms. The molecule has 11 heteroatoms. The lowest BCUT2D eigenvalue weighted by molar-refractivity contribution is -0.124. The molecular weight excluding hydrogens is 523 g/mol. The van der Waals surface area contributed by atoms with Gasteiger partial charge >= 0.3 is 7.82 Å². The minimum Gasteiger partial charge on any atom is -0.356 e. The molecule has 0 radical (unpaired) electrons. The summed E-state index contributed by atoms with van der Waals surface area (Å²) in [6.45, 7) is 15.7. The van der Waals surface area contributed by atoms with Gasteiger partial charge < -0.3 is 15.5 Å². The Balaban J connectivity index is -0.000000309. The van der Waals surface area contributed by atoms with Crippen LogP contribution in [0, 0.1) is 17.8 Å². The Morgan fingerprint density at radius 3 is 1.49 bits per heavy atom. The number of hydrogen-bond acceptors (Lipinski definition) is 7. The zero-order valence-electron chi connectivity index (χ0n) is 24.1. The van der Waals surface area contributed by atoms with Crippen molar-refractivity contribution in [2.45, 2.75) is 121 Å². The van der Waals surface area contributed by atoms with Crippen LogP contribution in [0.4, 0.5) is 0 Å². The Labute approximate surface area is 238 Å². The third kappa shape index (κ3) is 30.8. The summed E-state index contributed by atoms with van der Waals surface area (Å²) in [5, 5.41) is 5.42. The van der Waals surface area contributed by atoms with Gasteiger partial charge in [0.25, 0.3) is 0 Å². The Morgan fingerprint density at radius 2 is 1.13 bits per heavy atom. The van der Waals surface area contributed by atoms with Crippen LogP contribution in [0.2, 0.25) is 0 Å². The maximum Gasteiger partial charge on any atom is 0.472 e. The minimum atomic E-state index is -4.05. The molecule has 10 nitrogen and oxygen atoms in total. The van der Waals surface area contributed by atoms with Crippen LogP contribution < -0.4 is 10.6 Å². The Morgan fingerprint density at radius 1 is 0.718 bits per heavy atom. The van der Waals surface area contributed by atoms with Crippen LogP contribution in [-0.4, -0.2) is 54.1 Å².